The van der Waals surface area contributed by atoms with Crippen molar-refractivity contribution in [2.75, 3.05) is 0 Å². The molecule has 0 saturated carbocycles. The molecule has 116 valence electrons. The van der Waals surface area contributed by atoms with Gasteiger partial charge in [0, 0.05) is 29.7 Å². The Balaban J connectivity index is 1.48. The van der Waals surface area contributed by atoms with Crippen LogP contribution in [0.3, 0.4) is 0 Å². The molecule has 1 aromatic heterocycles. The van der Waals surface area contributed by atoms with Gasteiger partial charge in [0.2, 0.25) is 5.91 Å². The first kappa shape index (κ1) is 14.0. The van der Waals surface area contributed by atoms with Crippen molar-refractivity contribution in [3.8, 4) is 0 Å². The number of fused-ring (bicyclic) bond motifs is 3. The molecule has 1 amide bonds. The molecule has 23 heavy (non-hydrogen) atoms. The second kappa shape index (κ2) is 5.89. The van der Waals surface area contributed by atoms with E-state index in [1.54, 1.807) is 0 Å². The monoisotopic (exact) mass is 305 g/mol. The standard InChI is InChI=1S/C19H19N3O/c23-19(21-11-13-6-2-1-3-7-13)17-10-15-14-8-4-5-9-16(14)22-18(15)12-20-17/h1-9,17,20,22H,10-12H2,(H,21,23). The van der Waals surface area contributed by atoms with Gasteiger partial charge in [-0.1, -0.05) is 48.5 Å². The quantitative estimate of drug-likeness (QED) is 0.696. The fraction of sp³-hybridized carbons (Fsp3) is 0.211. The van der Waals surface area contributed by atoms with Gasteiger partial charge in [-0.15, -0.1) is 0 Å². The number of aromatic nitrogens is 1. The zero-order chi connectivity index (χ0) is 15.6. The van der Waals surface area contributed by atoms with Crippen molar-refractivity contribution in [1.82, 2.24) is 15.6 Å². The van der Waals surface area contributed by atoms with Crippen LogP contribution in [0.25, 0.3) is 10.9 Å². The second-order valence-electron chi connectivity index (χ2n) is 5.97. The highest BCUT2D eigenvalue weighted by atomic mass is 16.2. The van der Waals surface area contributed by atoms with Crippen LogP contribution in [0.4, 0.5) is 0 Å². The van der Waals surface area contributed by atoms with Gasteiger partial charge in [0.05, 0.1) is 6.04 Å². The molecule has 4 heteroatoms. The molecular weight excluding hydrogens is 286 g/mol. The fourth-order valence-corrected chi connectivity index (χ4v) is 3.24. The second-order valence-corrected chi connectivity index (χ2v) is 5.97. The number of para-hydroxylation sites is 1. The van der Waals surface area contributed by atoms with Crippen molar-refractivity contribution in [3.63, 3.8) is 0 Å². The number of amides is 1. The van der Waals surface area contributed by atoms with Crippen LogP contribution in [0.15, 0.2) is 54.6 Å². The number of aromatic amines is 1. The van der Waals surface area contributed by atoms with Gasteiger partial charge in [-0.25, -0.2) is 0 Å². The number of benzene rings is 2. The lowest BCUT2D eigenvalue weighted by Gasteiger charge is -2.23. The SMILES string of the molecule is O=C(NCc1ccccc1)C1Cc2c([nH]c3ccccc23)CN1. The molecule has 1 atom stereocenters. The first-order valence-electron chi connectivity index (χ1n) is 7.95. The Morgan fingerprint density at radius 2 is 1.87 bits per heavy atom. The normalized spacial score (nSPS) is 17.0. The zero-order valence-corrected chi connectivity index (χ0v) is 12.8. The molecule has 0 bridgehead atoms. The minimum Gasteiger partial charge on any atom is -0.357 e. The van der Waals surface area contributed by atoms with E-state index in [1.165, 1.54) is 16.6 Å². The Kier molecular flexibility index (Phi) is 3.60. The molecule has 1 unspecified atom stereocenters. The van der Waals surface area contributed by atoms with E-state index in [1.807, 2.05) is 42.5 Å². The topological polar surface area (TPSA) is 56.9 Å². The van der Waals surface area contributed by atoms with Gasteiger partial charge >= 0.3 is 0 Å². The average Bonchev–Trinajstić information content (AvgIpc) is 2.98. The molecule has 1 aliphatic rings. The average molecular weight is 305 g/mol. The van der Waals surface area contributed by atoms with E-state index in [4.69, 9.17) is 0 Å². The van der Waals surface area contributed by atoms with Gasteiger partial charge in [-0.2, -0.15) is 0 Å². The first-order chi connectivity index (χ1) is 11.3. The summed E-state index contributed by atoms with van der Waals surface area (Å²) in [6.45, 7) is 1.27. The number of nitrogens with one attached hydrogen (secondary N) is 3. The molecule has 0 spiro atoms. The van der Waals surface area contributed by atoms with Gasteiger partial charge in [-0.05, 0) is 23.6 Å². The predicted molar refractivity (Wildman–Crippen MR) is 90.9 cm³/mol. The summed E-state index contributed by atoms with van der Waals surface area (Å²) in [6, 6.07) is 18.1. The third-order valence-corrected chi connectivity index (χ3v) is 4.46. The van der Waals surface area contributed by atoms with E-state index in [2.05, 4.69) is 27.8 Å². The lowest BCUT2D eigenvalue weighted by atomic mass is 9.98. The lowest BCUT2D eigenvalue weighted by Crippen LogP contribution is -2.47. The highest BCUT2D eigenvalue weighted by Gasteiger charge is 2.26. The van der Waals surface area contributed by atoms with Crippen LogP contribution < -0.4 is 10.6 Å². The van der Waals surface area contributed by atoms with E-state index in [0.29, 0.717) is 13.1 Å². The molecule has 0 aliphatic carbocycles. The van der Waals surface area contributed by atoms with Crippen LogP contribution in [0.5, 0.6) is 0 Å². The largest absolute Gasteiger partial charge is 0.357 e. The Labute approximate surface area is 134 Å². The maximum absolute atomic E-state index is 12.5. The molecule has 0 radical (unpaired) electrons. The van der Waals surface area contributed by atoms with Gasteiger partial charge in [0.1, 0.15) is 0 Å². The van der Waals surface area contributed by atoms with Gasteiger partial charge in [-0.3, -0.25) is 10.1 Å². The first-order valence-corrected chi connectivity index (χ1v) is 7.95. The van der Waals surface area contributed by atoms with Crippen LogP contribution in [0.2, 0.25) is 0 Å². The summed E-state index contributed by atoms with van der Waals surface area (Å²) in [4.78, 5) is 15.9. The summed E-state index contributed by atoms with van der Waals surface area (Å²) in [6.07, 6.45) is 0.722. The van der Waals surface area contributed by atoms with Crippen molar-refractivity contribution in [3.05, 3.63) is 71.4 Å². The van der Waals surface area contributed by atoms with E-state index >= 15 is 0 Å². The molecule has 2 aromatic carbocycles. The van der Waals surface area contributed by atoms with Gasteiger partial charge in [0.15, 0.2) is 0 Å². The number of carbonyl (C=O) groups is 1. The molecular formula is C19H19N3O. The highest BCUT2D eigenvalue weighted by Crippen LogP contribution is 2.26. The molecule has 3 aromatic rings. The van der Waals surface area contributed by atoms with Crippen molar-refractivity contribution in [1.29, 1.82) is 0 Å². The van der Waals surface area contributed by atoms with Gasteiger partial charge < -0.3 is 10.3 Å². The summed E-state index contributed by atoms with van der Waals surface area (Å²) < 4.78 is 0. The van der Waals surface area contributed by atoms with E-state index in [0.717, 1.165) is 17.5 Å². The van der Waals surface area contributed by atoms with Crippen molar-refractivity contribution in [2.24, 2.45) is 0 Å². The summed E-state index contributed by atoms with van der Waals surface area (Å²) in [7, 11) is 0. The minimum absolute atomic E-state index is 0.0600. The van der Waals surface area contributed by atoms with E-state index in [9.17, 15) is 4.79 Å². The third-order valence-electron chi connectivity index (χ3n) is 4.46. The lowest BCUT2D eigenvalue weighted by molar-refractivity contribution is -0.123. The molecule has 2 heterocycles. The predicted octanol–water partition coefficient (Wildman–Crippen LogP) is 2.50. The minimum atomic E-state index is -0.176. The number of H-pyrrole nitrogens is 1. The van der Waals surface area contributed by atoms with Crippen LogP contribution in [-0.4, -0.2) is 16.9 Å². The third kappa shape index (κ3) is 2.73. The summed E-state index contributed by atoms with van der Waals surface area (Å²) in [5, 5.41) is 7.58. The van der Waals surface area contributed by atoms with Crippen molar-refractivity contribution in [2.45, 2.75) is 25.6 Å². The smallest absolute Gasteiger partial charge is 0.237 e. The fourth-order valence-electron chi connectivity index (χ4n) is 3.24. The summed E-state index contributed by atoms with van der Waals surface area (Å²) in [5.41, 5.74) is 4.71. The van der Waals surface area contributed by atoms with E-state index < -0.39 is 0 Å². The summed E-state index contributed by atoms with van der Waals surface area (Å²) in [5.74, 6) is 0.0600. The Morgan fingerprint density at radius 1 is 1.09 bits per heavy atom. The van der Waals surface area contributed by atoms with Crippen molar-refractivity contribution >= 4 is 16.8 Å². The Bertz CT molecular complexity index is 838. The van der Waals surface area contributed by atoms with Gasteiger partial charge in [0.25, 0.3) is 0 Å². The van der Waals surface area contributed by atoms with E-state index in [-0.39, 0.29) is 11.9 Å². The Hall–Kier alpha value is -2.59. The molecule has 3 N–H and O–H groups in total. The Morgan fingerprint density at radius 3 is 2.74 bits per heavy atom. The van der Waals surface area contributed by atoms with Crippen LogP contribution in [-0.2, 0) is 24.3 Å². The number of carbonyl (C=O) groups excluding carboxylic acids is 1. The summed E-state index contributed by atoms with van der Waals surface area (Å²) >= 11 is 0. The molecule has 0 saturated heterocycles. The molecule has 4 nitrogen and oxygen atoms in total. The molecule has 1 aliphatic heterocycles. The van der Waals surface area contributed by atoms with Crippen LogP contribution >= 0.6 is 0 Å². The van der Waals surface area contributed by atoms with Crippen LogP contribution in [0, 0.1) is 0 Å². The number of hydrogen-bond acceptors (Lipinski definition) is 2. The maximum Gasteiger partial charge on any atom is 0.237 e. The van der Waals surface area contributed by atoms with Crippen LogP contribution in [0.1, 0.15) is 16.8 Å². The maximum atomic E-state index is 12.5. The molecule has 4 rings (SSSR count). The highest BCUT2D eigenvalue weighted by molar-refractivity contribution is 5.88. The molecule has 0 fully saturated rings. The number of hydrogen-bond donors (Lipinski definition) is 3. The van der Waals surface area contributed by atoms with Crippen molar-refractivity contribution < 1.29 is 4.79 Å². The number of rotatable bonds is 3. The zero-order valence-electron chi connectivity index (χ0n) is 12.8.